The molecule has 1 heterocycles. The van der Waals surface area contributed by atoms with Crippen molar-refractivity contribution in [1.82, 2.24) is 4.98 Å². The predicted molar refractivity (Wildman–Crippen MR) is 93.1 cm³/mol. The van der Waals surface area contributed by atoms with Crippen molar-refractivity contribution in [3.63, 3.8) is 0 Å². The Bertz CT molecular complexity index is 840. The number of hydrogen-bond donors (Lipinski definition) is 0. The van der Waals surface area contributed by atoms with E-state index in [1.165, 1.54) is 4.90 Å². The third kappa shape index (κ3) is 4.23. The molecule has 6 nitrogen and oxygen atoms in total. The Kier molecular flexibility index (Phi) is 5.09. The second kappa shape index (κ2) is 7.61. The average molecular weight is 338 g/mol. The maximum Gasteiger partial charge on any atom is 0.306 e. The number of amides is 1. The van der Waals surface area contributed by atoms with E-state index in [9.17, 15) is 9.59 Å². The van der Waals surface area contributed by atoms with Gasteiger partial charge in [-0.25, -0.2) is 4.98 Å². The number of rotatable bonds is 6. The van der Waals surface area contributed by atoms with Gasteiger partial charge in [0.1, 0.15) is 5.52 Å². The van der Waals surface area contributed by atoms with Crippen LogP contribution in [-0.4, -0.2) is 30.5 Å². The molecule has 2 aromatic carbocycles. The summed E-state index contributed by atoms with van der Waals surface area (Å²) < 4.78 is 10.6. The van der Waals surface area contributed by atoms with Crippen molar-refractivity contribution in [3.8, 4) is 0 Å². The van der Waals surface area contributed by atoms with Crippen LogP contribution in [0, 0.1) is 0 Å². The van der Waals surface area contributed by atoms with Crippen LogP contribution in [0.15, 0.2) is 59.0 Å². The molecule has 3 rings (SSSR count). The van der Waals surface area contributed by atoms with Gasteiger partial charge in [0.05, 0.1) is 6.42 Å². The lowest BCUT2D eigenvalue weighted by Gasteiger charge is -2.16. The van der Waals surface area contributed by atoms with Gasteiger partial charge in [0.15, 0.2) is 18.1 Å². The van der Waals surface area contributed by atoms with Crippen LogP contribution in [0.5, 0.6) is 0 Å². The van der Waals surface area contributed by atoms with Crippen LogP contribution < -0.4 is 4.90 Å². The van der Waals surface area contributed by atoms with E-state index in [0.29, 0.717) is 17.9 Å². The number of carbonyl (C=O) groups is 2. The Labute approximate surface area is 145 Å². The molecule has 25 heavy (non-hydrogen) atoms. The van der Waals surface area contributed by atoms with E-state index in [1.54, 1.807) is 7.05 Å². The van der Waals surface area contributed by atoms with E-state index in [-0.39, 0.29) is 18.9 Å². The molecule has 3 aromatic rings. The minimum Gasteiger partial charge on any atom is -0.456 e. The number of hydrogen-bond acceptors (Lipinski definition) is 5. The molecule has 6 heteroatoms. The van der Waals surface area contributed by atoms with E-state index in [1.807, 2.05) is 54.6 Å². The minimum atomic E-state index is -0.461. The third-order valence-electron chi connectivity index (χ3n) is 3.76. The molecule has 1 aromatic heterocycles. The molecule has 128 valence electrons. The molecule has 0 bridgehead atoms. The van der Waals surface area contributed by atoms with Crippen molar-refractivity contribution in [2.24, 2.45) is 0 Å². The summed E-state index contributed by atoms with van der Waals surface area (Å²) in [6, 6.07) is 16.6. The largest absolute Gasteiger partial charge is 0.456 e. The van der Waals surface area contributed by atoms with Crippen LogP contribution in [0.3, 0.4) is 0 Å². The topological polar surface area (TPSA) is 72.6 Å². The summed E-state index contributed by atoms with van der Waals surface area (Å²) in [5.74, 6) is -0.274. The van der Waals surface area contributed by atoms with Crippen LogP contribution >= 0.6 is 0 Å². The predicted octanol–water partition coefficient (Wildman–Crippen LogP) is 2.97. The van der Waals surface area contributed by atoms with Gasteiger partial charge in [-0.1, -0.05) is 30.3 Å². The second-order valence-electron chi connectivity index (χ2n) is 5.52. The van der Waals surface area contributed by atoms with Crippen LogP contribution in [-0.2, 0) is 20.7 Å². The second-order valence-corrected chi connectivity index (χ2v) is 5.52. The summed E-state index contributed by atoms with van der Waals surface area (Å²) in [5.41, 5.74) is 2.19. The fourth-order valence-corrected chi connectivity index (χ4v) is 2.34. The Balaban J connectivity index is 1.47. The number of carbonyl (C=O) groups excluding carboxylic acids is 2. The highest BCUT2D eigenvalue weighted by atomic mass is 16.5. The zero-order valence-corrected chi connectivity index (χ0v) is 13.8. The van der Waals surface area contributed by atoms with Crippen molar-refractivity contribution in [3.05, 3.63) is 60.5 Å². The number of fused-ring (bicyclic) bond motifs is 1. The quantitative estimate of drug-likeness (QED) is 0.646. The maximum atomic E-state index is 12.1. The lowest BCUT2D eigenvalue weighted by atomic mass is 10.3. The maximum absolute atomic E-state index is 12.1. The normalized spacial score (nSPS) is 10.6. The van der Waals surface area contributed by atoms with Gasteiger partial charge in [0.2, 0.25) is 0 Å². The molecule has 0 aliphatic carbocycles. The first kappa shape index (κ1) is 16.7. The van der Waals surface area contributed by atoms with Gasteiger partial charge in [0.25, 0.3) is 5.91 Å². The van der Waals surface area contributed by atoms with E-state index >= 15 is 0 Å². The molecule has 0 spiro atoms. The number of aryl methyl sites for hydroxylation is 1. The molecule has 0 fully saturated rings. The van der Waals surface area contributed by atoms with Crippen molar-refractivity contribution in [2.75, 3.05) is 18.6 Å². The first-order valence-electron chi connectivity index (χ1n) is 7.95. The summed E-state index contributed by atoms with van der Waals surface area (Å²) in [6.45, 7) is -0.294. The Morgan fingerprint density at radius 3 is 2.56 bits per heavy atom. The fourth-order valence-electron chi connectivity index (χ4n) is 2.34. The van der Waals surface area contributed by atoms with Crippen molar-refractivity contribution in [1.29, 1.82) is 0 Å². The lowest BCUT2D eigenvalue weighted by molar-refractivity contribution is -0.147. The number of para-hydroxylation sites is 3. The number of benzene rings is 2. The molecule has 0 saturated carbocycles. The van der Waals surface area contributed by atoms with E-state index in [2.05, 4.69) is 4.98 Å². The molecular weight excluding hydrogens is 320 g/mol. The van der Waals surface area contributed by atoms with Gasteiger partial charge in [-0.3, -0.25) is 9.59 Å². The van der Waals surface area contributed by atoms with Crippen molar-refractivity contribution >= 4 is 28.7 Å². The van der Waals surface area contributed by atoms with Crippen LogP contribution in [0.4, 0.5) is 5.69 Å². The molecule has 0 N–H and O–H groups in total. The highest BCUT2D eigenvalue weighted by molar-refractivity contribution is 5.94. The first-order chi connectivity index (χ1) is 12.1. The molecule has 1 amide bonds. The first-order valence-corrected chi connectivity index (χ1v) is 7.95. The van der Waals surface area contributed by atoms with Crippen molar-refractivity contribution < 1.29 is 18.7 Å². The zero-order valence-electron chi connectivity index (χ0n) is 13.8. The smallest absolute Gasteiger partial charge is 0.306 e. The lowest BCUT2D eigenvalue weighted by Crippen LogP contribution is -2.31. The zero-order chi connectivity index (χ0) is 17.6. The molecule has 0 atom stereocenters. The van der Waals surface area contributed by atoms with Gasteiger partial charge >= 0.3 is 5.97 Å². The fraction of sp³-hybridized carbons (Fsp3) is 0.211. The summed E-state index contributed by atoms with van der Waals surface area (Å²) in [7, 11) is 1.64. The van der Waals surface area contributed by atoms with Gasteiger partial charge in [-0.15, -0.1) is 0 Å². The summed E-state index contributed by atoms with van der Waals surface area (Å²) >= 11 is 0. The SMILES string of the molecule is CN(C(=O)COC(=O)CCc1nc2ccccc2o1)c1ccccc1. The highest BCUT2D eigenvalue weighted by Crippen LogP contribution is 2.16. The molecular formula is C19H18N2O4. The van der Waals surface area contributed by atoms with Crippen LogP contribution in [0.2, 0.25) is 0 Å². The Morgan fingerprint density at radius 1 is 1.08 bits per heavy atom. The van der Waals surface area contributed by atoms with E-state index in [0.717, 1.165) is 11.2 Å². The number of oxazole rings is 1. The molecule has 0 aliphatic rings. The van der Waals surface area contributed by atoms with Gasteiger partial charge in [0, 0.05) is 19.2 Å². The summed E-state index contributed by atoms with van der Waals surface area (Å²) in [6.07, 6.45) is 0.436. The van der Waals surface area contributed by atoms with Crippen molar-refractivity contribution in [2.45, 2.75) is 12.8 Å². The van der Waals surface area contributed by atoms with E-state index < -0.39 is 5.97 Å². The summed E-state index contributed by atoms with van der Waals surface area (Å²) in [4.78, 5) is 29.6. The Morgan fingerprint density at radius 2 is 1.80 bits per heavy atom. The number of nitrogens with zero attached hydrogens (tertiary/aromatic N) is 2. The average Bonchev–Trinajstić information content (AvgIpc) is 3.07. The Hall–Kier alpha value is -3.15. The monoisotopic (exact) mass is 338 g/mol. The highest BCUT2D eigenvalue weighted by Gasteiger charge is 2.14. The van der Waals surface area contributed by atoms with Gasteiger partial charge in [-0.2, -0.15) is 0 Å². The number of anilines is 1. The number of ether oxygens (including phenoxy) is 1. The molecule has 0 saturated heterocycles. The third-order valence-corrected chi connectivity index (χ3v) is 3.76. The summed E-state index contributed by atoms with van der Waals surface area (Å²) in [5, 5.41) is 0. The van der Waals surface area contributed by atoms with E-state index in [4.69, 9.17) is 9.15 Å². The van der Waals surface area contributed by atoms with Crippen LogP contribution in [0.1, 0.15) is 12.3 Å². The molecule has 0 radical (unpaired) electrons. The number of likely N-dealkylation sites (N-methyl/N-ethyl adjacent to an activating group) is 1. The molecule has 0 aliphatic heterocycles. The standard InChI is InChI=1S/C19H18N2O4/c1-21(14-7-3-2-4-8-14)18(22)13-24-19(23)12-11-17-20-15-9-5-6-10-16(15)25-17/h2-10H,11-13H2,1H3. The van der Waals surface area contributed by atoms with Gasteiger partial charge < -0.3 is 14.1 Å². The molecule has 0 unspecified atom stereocenters. The number of esters is 1. The van der Waals surface area contributed by atoms with Gasteiger partial charge in [-0.05, 0) is 24.3 Å². The van der Waals surface area contributed by atoms with Crippen LogP contribution in [0.25, 0.3) is 11.1 Å². The number of aromatic nitrogens is 1. The minimum absolute atomic E-state index is 0.106.